The van der Waals surface area contributed by atoms with Crippen LogP contribution in [0.5, 0.6) is 0 Å². The van der Waals surface area contributed by atoms with E-state index in [0.29, 0.717) is 18.0 Å². The molecule has 2 aromatic heterocycles. The van der Waals surface area contributed by atoms with Crippen LogP contribution in [0, 0.1) is 0 Å². The highest BCUT2D eigenvalue weighted by atomic mass is 16.3. The van der Waals surface area contributed by atoms with E-state index in [9.17, 15) is 4.79 Å². The fraction of sp³-hybridized carbons (Fsp3) is 0.158. The average Bonchev–Trinajstić information content (AvgIpc) is 3.29. The van der Waals surface area contributed by atoms with Gasteiger partial charge in [-0.1, -0.05) is 24.3 Å². The molecule has 1 aliphatic rings. The Morgan fingerprint density at radius 1 is 1.12 bits per heavy atom. The van der Waals surface area contributed by atoms with Crippen molar-refractivity contribution in [3.8, 4) is 0 Å². The lowest BCUT2D eigenvalue weighted by Crippen LogP contribution is -2.24. The van der Waals surface area contributed by atoms with Crippen molar-refractivity contribution < 1.29 is 9.21 Å². The summed E-state index contributed by atoms with van der Waals surface area (Å²) >= 11 is 0. The van der Waals surface area contributed by atoms with Crippen molar-refractivity contribution in [2.75, 3.05) is 11.4 Å². The van der Waals surface area contributed by atoms with Crippen molar-refractivity contribution in [3.05, 3.63) is 77.9 Å². The standard InChI is InChI=1S/C19H17N3O2/c23-19(20-13-15-6-4-12-24-15)16-7-3-9-18(21-16)22-11-10-14-5-1-2-8-17(14)22/h1-9,12H,10-11,13H2,(H,20,23). The summed E-state index contributed by atoms with van der Waals surface area (Å²) in [6, 6.07) is 17.4. The quantitative estimate of drug-likeness (QED) is 0.801. The number of rotatable bonds is 4. The van der Waals surface area contributed by atoms with Crippen LogP contribution in [0.15, 0.2) is 65.3 Å². The predicted octanol–water partition coefficient (Wildman–Crippen LogP) is 3.30. The van der Waals surface area contributed by atoms with E-state index in [0.717, 1.165) is 24.5 Å². The van der Waals surface area contributed by atoms with Crippen LogP contribution in [-0.4, -0.2) is 17.4 Å². The number of nitrogens with zero attached hydrogens (tertiary/aromatic N) is 2. The van der Waals surface area contributed by atoms with Gasteiger partial charge in [-0.25, -0.2) is 4.98 Å². The molecule has 1 N–H and O–H groups in total. The summed E-state index contributed by atoms with van der Waals surface area (Å²) in [6.07, 6.45) is 2.58. The zero-order valence-electron chi connectivity index (χ0n) is 13.1. The number of amides is 1. The number of anilines is 2. The van der Waals surface area contributed by atoms with E-state index in [4.69, 9.17) is 4.42 Å². The lowest BCUT2D eigenvalue weighted by molar-refractivity contribution is 0.0943. The molecule has 1 aromatic carbocycles. The number of nitrogens with one attached hydrogen (secondary N) is 1. The number of hydrogen-bond acceptors (Lipinski definition) is 4. The molecule has 3 aromatic rings. The van der Waals surface area contributed by atoms with Crippen molar-refractivity contribution in [1.82, 2.24) is 10.3 Å². The van der Waals surface area contributed by atoms with Gasteiger partial charge in [0, 0.05) is 12.2 Å². The maximum Gasteiger partial charge on any atom is 0.270 e. The molecule has 120 valence electrons. The van der Waals surface area contributed by atoms with Gasteiger partial charge in [0.2, 0.25) is 0 Å². The van der Waals surface area contributed by atoms with Gasteiger partial charge in [-0.05, 0) is 42.3 Å². The molecule has 0 spiro atoms. The number of carbonyl (C=O) groups is 1. The number of aromatic nitrogens is 1. The molecule has 0 saturated carbocycles. The Balaban J connectivity index is 1.53. The van der Waals surface area contributed by atoms with Crippen molar-refractivity contribution >= 4 is 17.4 Å². The predicted molar refractivity (Wildman–Crippen MR) is 91.3 cm³/mol. The van der Waals surface area contributed by atoms with E-state index in [-0.39, 0.29) is 5.91 Å². The van der Waals surface area contributed by atoms with Crippen LogP contribution in [0.25, 0.3) is 0 Å². The summed E-state index contributed by atoms with van der Waals surface area (Å²) in [5.74, 6) is 1.30. The molecule has 1 aliphatic heterocycles. The van der Waals surface area contributed by atoms with Crippen LogP contribution in [0.4, 0.5) is 11.5 Å². The topological polar surface area (TPSA) is 58.4 Å². The summed E-state index contributed by atoms with van der Waals surface area (Å²) in [7, 11) is 0. The van der Waals surface area contributed by atoms with Crippen LogP contribution in [0.2, 0.25) is 0 Å². The highest BCUT2D eigenvalue weighted by molar-refractivity contribution is 5.92. The van der Waals surface area contributed by atoms with E-state index in [1.165, 1.54) is 5.56 Å². The van der Waals surface area contributed by atoms with Gasteiger partial charge in [-0.15, -0.1) is 0 Å². The zero-order valence-corrected chi connectivity index (χ0v) is 13.1. The smallest absolute Gasteiger partial charge is 0.270 e. The molecule has 0 saturated heterocycles. The van der Waals surface area contributed by atoms with Crippen LogP contribution < -0.4 is 10.2 Å². The highest BCUT2D eigenvalue weighted by Gasteiger charge is 2.21. The van der Waals surface area contributed by atoms with Gasteiger partial charge in [0.15, 0.2) is 0 Å². The largest absolute Gasteiger partial charge is 0.467 e. The summed E-state index contributed by atoms with van der Waals surface area (Å²) < 4.78 is 5.22. The second kappa shape index (κ2) is 6.20. The molecule has 5 heteroatoms. The molecule has 0 radical (unpaired) electrons. The van der Waals surface area contributed by atoms with Crippen LogP contribution in [0.1, 0.15) is 21.8 Å². The van der Waals surface area contributed by atoms with E-state index < -0.39 is 0 Å². The fourth-order valence-corrected chi connectivity index (χ4v) is 2.95. The normalized spacial score (nSPS) is 12.9. The highest BCUT2D eigenvalue weighted by Crippen LogP contribution is 2.33. The Morgan fingerprint density at radius 2 is 2.04 bits per heavy atom. The third kappa shape index (κ3) is 2.76. The summed E-state index contributed by atoms with van der Waals surface area (Å²) in [6.45, 7) is 1.23. The Hall–Kier alpha value is -3.08. The van der Waals surface area contributed by atoms with Crippen LogP contribution in [-0.2, 0) is 13.0 Å². The zero-order chi connectivity index (χ0) is 16.4. The summed E-state index contributed by atoms with van der Waals surface area (Å²) in [5, 5.41) is 2.82. The molecule has 4 rings (SSSR count). The molecular formula is C19H17N3O2. The van der Waals surface area contributed by atoms with Crippen molar-refractivity contribution in [1.29, 1.82) is 0 Å². The molecule has 0 aliphatic carbocycles. The van der Waals surface area contributed by atoms with Gasteiger partial charge >= 0.3 is 0 Å². The molecular weight excluding hydrogens is 302 g/mol. The van der Waals surface area contributed by atoms with Crippen LogP contribution >= 0.6 is 0 Å². The van der Waals surface area contributed by atoms with Gasteiger partial charge in [0.1, 0.15) is 17.3 Å². The molecule has 24 heavy (non-hydrogen) atoms. The van der Waals surface area contributed by atoms with E-state index in [1.54, 1.807) is 18.4 Å². The summed E-state index contributed by atoms with van der Waals surface area (Å²) in [4.78, 5) is 19.0. The number of hydrogen-bond donors (Lipinski definition) is 1. The number of furan rings is 1. The molecule has 0 bridgehead atoms. The third-order valence-electron chi connectivity index (χ3n) is 4.13. The fourth-order valence-electron chi connectivity index (χ4n) is 2.95. The Bertz CT molecular complexity index is 859. The Morgan fingerprint density at radius 3 is 2.92 bits per heavy atom. The van der Waals surface area contributed by atoms with Gasteiger partial charge < -0.3 is 14.6 Å². The molecule has 3 heterocycles. The maximum absolute atomic E-state index is 12.3. The SMILES string of the molecule is O=C(NCc1ccco1)c1cccc(N2CCc3ccccc32)n1. The van der Waals surface area contributed by atoms with Gasteiger partial charge in [-0.3, -0.25) is 4.79 Å². The van der Waals surface area contributed by atoms with E-state index in [1.807, 2.05) is 30.3 Å². The molecule has 0 atom stereocenters. The molecule has 0 fully saturated rings. The monoisotopic (exact) mass is 319 g/mol. The van der Waals surface area contributed by atoms with Gasteiger partial charge in [0.25, 0.3) is 5.91 Å². The second-order valence-electron chi connectivity index (χ2n) is 5.67. The van der Waals surface area contributed by atoms with Gasteiger partial charge in [-0.2, -0.15) is 0 Å². The summed E-state index contributed by atoms with van der Waals surface area (Å²) in [5.41, 5.74) is 2.88. The van der Waals surface area contributed by atoms with Crippen molar-refractivity contribution in [2.24, 2.45) is 0 Å². The van der Waals surface area contributed by atoms with Crippen molar-refractivity contribution in [3.63, 3.8) is 0 Å². The lowest BCUT2D eigenvalue weighted by Gasteiger charge is -2.18. The molecule has 5 nitrogen and oxygen atoms in total. The van der Waals surface area contributed by atoms with Crippen LogP contribution in [0.3, 0.4) is 0 Å². The first kappa shape index (κ1) is 14.5. The number of benzene rings is 1. The maximum atomic E-state index is 12.3. The number of pyridine rings is 1. The minimum atomic E-state index is -0.208. The van der Waals surface area contributed by atoms with Crippen molar-refractivity contribution in [2.45, 2.75) is 13.0 Å². The van der Waals surface area contributed by atoms with Gasteiger partial charge in [0.05, 0.1) is 12.8 Å². The van der Waals surface area contributed by atoms with E-state index >= 15 is 0 Å². The number of carbonyl (C=O) groups excluding carboxylic acids is 1. The third-order valence-corrected chi connectivity index (χ3v) is 4.13. The minimum Gasteiger partial charge on any atom is -0.467 e. The average molecular weight is 319 g/mol. The minimum absolute atomic E-state index is 0.208. The first-order valence-electron chi connectivity index (χ1n) is 7.94. The first-order valence-corrected chi connectivity index (χ1v) is 7.94. The number of fused-ring (bicyclic) bond motifs is 1. The Kier molecular flexibility index (Phi) is 3.75. The second-order valence-corrected chi connectivity index (χ2v) is 5.67. The Labute approximate surface area is 139 Å². The molecule has 1 amide bonds. The first-order chi connectivity index (χ1) is 11.8. The van der Waals surface area contributed by atoms with E-state index in [2.05, 4.69) is 27.3 Å². The molecule has 0 unspecified atom stereocenters. The lowest BCUT2D eigenvalue weighted by atomic mass is 10.2. The number of para-hydroxylation sites is 1.